The summed E-state index contributed by atoms with van der Waals surface area (Å²) in [5.41, 5.74) is 4.35. The Balaban J connectivity index is 1.74. The van der Waals surface area contributed by atoms with Crippen molar-refractivity contribution in [2.45, 2.75) is 64.0 Å². The summed E-state index contributed by atoms with van der Waals surface area (Å²) in [6.07, 6.45) is 5.66. The first-order valence-corrected chi connectivity index (χ1v) is 8.56. The number of ether oxygens (including phenoxy) is 1. The molecule has 1 N–H and O–H groups in total. The number of hydrogen-bond donors (Lipinski definition) is 1. The van der Waals surface area contributed by atoms with Crippen molar-refractivity contribution < 1.29 is 4.74 Å². The molecule has 3 aliphatic rings. The van der Waals surface area contributed by atoms with E-state index in [0.29, 0.717) is 18.1 Å². The highest BCUT2D eigenvalue weighted by Gasteiger charge is 2.45. The molecule has 0 spiro atoms. The molecule has 3 atom stereocenters. The SMILES string of the molecule is CC(C)(C)c1ccc2c(c1)[C@H]1OCCC[C@H]1[C@@H](C1CC1)N2. The lowest BCUT2D eigenvalue weighted by Gasteiger charge is -2.44. The Morgan fingerprint density at radius 2 is 1.95 bits per heavy atom. The van der Waals surface area contributed by atoms with Crippen LogP contribution in [-0.4, -0.2) is 12.6 Å². The van der Waals surface area contributed by atoms with Crippen LogP contribution in [0, 0.1) is 11.8 Å². The molecule has 114 valence electrons. The van der Waals surface area contributed by atoms with Gasteiger partial charge < -0.3 is 10.1 Å². The molecule has 21 heavy (non-hydrogen) atoms. The third-order valence-electron chi connectivity index (χ3n) is 5.51. The van der Waals surface area contributed by atoms with Gasteiger partial charge in [0.15, 0.2) is 0 Å². The van der Waals surface area contributed by atoms with Gasteiger partial charge in [0.05, 0.1) is 6.10 Å². The van der Waals surface area contributed by atoms with Crippen molar-refractivity contribution in [1.29, 1.82) is 0 Å². The van der Waals surface area contributed by atoms with Gasteiger partial charge in [-0.15, -0.1) is 0 Å². The predicted octanol–water partition coefficient (Wildman–Crippen LogP) is 4.66. The Bertz CT molecular complexity index is 541. The fourth-order valence-corrected chi connectivity index (χ4v) is 4.10. The van der Waals surface area contributed by atoms with Crippen LogP contribution in [0.4, 0.5) is 5.69 Å². The van der Waals surface area contributed by atoms with Crippen molar-refractivity contribution in [2.75, 3.05) is 11.9 Å². The van der Waals surface area contributed by atoms with Gasteiger partial charge in [-0.1, -0.05) is 32.9 Å². The highest BCUT2D eigenvalue weighted by molar-refractivity contribution is 5.58. The van der Waals surface area contributed by atoms with Gasteiger partial charge in [0.25, 0.3) is 0 Å². The highest BCUT2D eigenvalue weighted by atomic mass is 16.5. The first-order valence-electron chi connectivity index (χ1n) is 8.56. The maximum atomic E-state index is 6.24. The second-order valence-electron chi connectivity index (χ2n) is 8.16. The Labute approximate surface area is 128 Å². The summed E-state index contributed by atoms with van der Waals surface area (Å²) in [7, 11) is 0. The summed E-state index contributed by atoms with van der Waals surface area (Å²) in [5.74, 6) is 1.56. The van der Waals surface area contributed by atoms with Crippen LogP contribution in [0.3, 0.4) is 0 Å². The smallest absolute Gasteiger partial charge is 0.0892 e. The molecular weight excluding hydrogens is 258 g/mol. The Morgan fingerprint density at radius 1 is 1.14 bits per heavy atom. The molecule has 2 fully saturated rings. The zero-order valence-electron chi connectivity index (χ0n) is 13.5. The van der Waals surface area contributed by atoms with Gasteiger partial charge in [-0.25, -0.2) is 0 Å². The lowest BCUT2D eigenvalue weighted by atomic mass is 9.76. The van der Waals surface area contributed by atoms with Crippen LogP contribution in [-0.2, 0) is 10.2 Å². The maximum Gasteiger partial charge on any atom is 0.0892 e. The number of hydrogen-bond acceptors (Lipinski definition) is 2. The van der Waals surface area contributed by atoms with E-state index in [2.05, 4.69) is 44.3 Å². The summed E-state index contributed by atoms with van der Waals surface area (Å²) < 4.78 is 6.24. The van der Waals surface area contributed by atoms with Crippen LogP contribution >= 0.6 is 0 Å². The standard InChI is InChI=1S/C19H27NO/c1-19(2,3)13-8-9-16-15(11-13)18-14(5-4-10-21-18)17(20-16)12-6-7-12/h8-9,11-12,14,17-18,20H,4-7,10H2,1-3H3/t14-,17+,18-/m0/s1. The molecule has 0 aromatic heterocycles. The normalized spacial score (nSPS) is 32.0. The van der Waals surface area contributed by atoms with Gasteiger partial charge in [-0.3, -0.25) is 0 Å². The molecule has 4 rings (SSSR count). The van der Waals surface area contributed by atoms with Crippen LogP contribution in [0.25, 0.3) is 0 Å². The monoisotopic (exact) mass is 285 g/mol. The van der Waals surface area contributed by atoms with Crippen molar-refractivity contribution in [2.24, 2.45) is 11.8 Å². The molecule has 2 heterocycles. The number of anilines is 1. The summed E-state index contributed by atoms with van der Waals surface area (Å²) in [5, 5.41) is 3.86. The molecule has 0 bridgehead atoms. The van der Waals surface area contributed by atoms with Crippen molar-refractivity contribution in [3.63, 3.8) is 0 Å². The average Bonchev–Trinajstić information content (AvgIpc) is 3.29. The topological polar surface area (TPSA) is 21.3 Å². The van der Waals surface area contributed by atoms with Crippen LogP contribution in [0.5, 0.6) is 0 Å². The molecule has 2 heteroatoms. The van der Waals surface area contributed by atoms with Crippen molar-refractivity contribution in [1.82, 2.24) is 0 Å². The van der Waals surface area contributed by atoms with E-state index in [1.807, 2.05) is 0 Å². The molecule has 0 radical (unpaired) electrons. The maximum absolute atomic E-state index is 6.24. The fraction of sp³-hybridized carbons (Fsp3) is 0.684. The summed E-state index contributed by atoms with van der Waals surface area (Å²) in [6.45, 7) is 7.79. The third kappa shape index (κ3) is 2.38. The summed E-state index contributed by atoms with van der Waals surface area (Å²) in [6, 6.07) is 7.62. The van der Waals surface area contributed by atoms with Gasteiger partial charge in [0.2, 0.25) is 0 Å². The van der Waals surface area contributed by atoms with Gasteiger partial charge in [-0.2, -0.15) is 0 Å². The molecule has 1 saturated heterocycles. The van der Waals surface area contributed by atoms with Crippen molar-refractivity contribution >= 4 is 5.69 Å². The molecular formula is C19H27NO. The minimum atomic E-state index is 0.201. The predicted molar refractivity (Wildman–Crippen MR) is 86.7 cm³/mol. The van der Waals surface area contributed by atoms with Crippen LogP contribution in [0.2, 0.25) is 0 Å². The Kier molecular flexibility index (Phi) is 3.08. The van der Waals surface area contributed by atoms with E-state index in [9.17, 15) is 0 Å². The van der Waals surface area contributed by atoms with E-state index in [0.717, 1.165) is 12.5 Å². The first kappa shape index (κ1) is 13.6. The van der Waals surface area contributed by atoms with Crippen molar-refractivity contribution in [3.8, 4) is 0 Å². The average molecular weight is 285 g/mol. The first-order chi connectivity index (χ1) is 10.0. The van der Waals surface area contributed by atoms with Crippen LogP contribution < -0.4 is 5.32 Å². The number of rotatable bonds is 1. The Morgan fingerprint density at radius 3 is 2.67 bits per heavy atom. The molecule has 0 unspecified atom stereocenters. The molecule has 2 nitrogen and oxygen atoms in total. The zero-order valence-corrected chi connectivity index (χ0v) is 13.5. The minimum absolute atomic E-state index is 0.201. The second kappa shape index (κ2) is 4.74. The van der Waals surface area contributed by atoms with Gasteiger partial charge in [-0.05, 0) is 48.6 Å². The van der Waals surface area contributed by atoms with Crippen LogP contribution in [0.1, 0.15) is 63.7 Å². The van der Waals surface area contributed by atoms with E-state index in [1.165, 1.54) is 42.5 Å². The zero-order chi connectivity index (χ0) is 14.6. The van der Waals surface area contributed by atoms with Gasteiger partial charge >= 0.3 is 0 Å². The second-order valence-corrected chi connectivity index (χ2v) is 8.16. The van der Waals surface area contributed by atoms with E-state index in [1.54, 1.807) is 0 Å². The lowest BCUT2D eigenvalue weighted by Crippen LogP contribution is -2.42. The van der Waals surface area contributed by atoms with Crippen molar-refractivity contribution in [3.05, 3.63) is 29.3 Å². The van der Waals surface area contributed by atoms with E-state index in [4.69, 9.17) is 4.74 Å². The number of benzene rings is 1. The molecule has 1 saturated carbocycles. The largest absolute Gasteiger partial charge is 0.381 e. The number of fused-ring (bicyclic) bond motifs is 3. The highest BCUT2D eigenvalue weighted by Crippen LogP contribution is 2.50. The molecule has 1 aliphatic carbocycles. The van der Waals surface area contributed by atoms with Gasteiger partial charge in [0.1, 0.15) is 0 Å². The molecule has 1 aromatic carbocycles. The third-order valence-corrected chi connectivity index (χ3v) is 5.51. The fourth-order valence-electron chi connectivity index (χ4n) is 4.10. The quantitative estimate of drug-likeness (QED) is 0.810. The Hall–Kier alpha value is -1.02. The lowest BCUT2D eigenvalue weighted by molar-refractivity contribution is -0.0400. The van der Waals surface area contributed by atoms with E-state index in [-0.39, 0.29) is 5.41 Å². The molecule has 2 aliphatic heterocycles. The van der Waals surface area contributed by atoms with Gasteiger partial charge in [0, 0.05) is 29.8 Å². The van der Waals surface area contributed by atoms with Crippen LogP contribution in [0.15, 0.2) is 18.2 Å². The van der Waals surface area contributed by atoms with E-state index >= 15 is 0 Å². The number of nitrogens with one attached hydrogen (secondary N) is 1. The molecule has 0 amide bonds. The summed E-state index contributed by atoms with van der Waals surface area (Å²) in [4.78, 5) is 0. The van der Waals surface area contributed by atoms with E-state index < -0.39 is 0 Å². The summed E-state index contributed by atoms with van der Waals surface area (Å²) >= 11 is 0. The minimum Gasteiger partial charge on any atom is -0.381 e. The molecule has 1 aromatic rings.